The van der Waals surface area contributed by atoms with Gasteiger partial charge < -0.3 is 34.0 Å². The van der Waals surface area contributed by atoms with Gasteiger partial charge in [0.2, 0.25) is 12.2 Å². The molecule has 1 aromatic carbocycles. The molecule has 1 amide bonds. The Hall–Kier alpha value is -3.29. The molecular weight excluding hydrogens is 542 g/mol. The van der Waals surface area contributed by atoms with Crippen LogP contribution in [0, 0.1) is 11.8 Å². The Morgan fingerprint density at radius 1 is 1.17 bits per heavy atom. The molecule has 4 rings (SSSR count). The van der Waals surface area contributed by atoms with E-state index in [9.17, 15) is 18.4 Å². The van der Waals surface area contributed by atoms with Crippen molar-refractivity contribution in [2.24, 2.45) is 17.6 Å². The van der Waals surface area contributed by atoms with E-state index >= 15 is 0 Å². The van der Waals surface area contributed by atoms with Crippen molar-refractivity contribution in [2.45, 2.75) is 66.0 Å². The largest absolute Gasteiger partial charge is 0.489 e. The third-order valence-electron chi connectivity index (χ3n) is 6.94. The Labute approximate surface area is 237 Å². The molecular formula is C28H38F2N4O7. The highest BCUT2D eigenvalue weighted by molar-refractivity contribution is 5.94. The Bertz CT molecular complexity index is 1200. The number of esters is 1. The number of ether oxygens (including phenoxy) is 4. The molecule has 0 spiro atoms. The molecule has 1 unspecified atom stereocenters. The number of carbonyl (C=O) groups excluding carboxylic acids is 2. The highest BCUT2D eigenvalue weighted by atomic mass is 19.3. The molecule has 1 aliphatic carbocycles. The number of piperazine rings is 1. The standard InChI is InChI=1S/C28H38F2N4O7/c1-16(2)27(36)39-18(4)38-15-34-10-9-33(13-17(34)3)26(35)24-23(12-31)40-25(32-24)20-7-8-21(41-28(29)30)22(11-20)37-14-19-5-6-19/h7-8,11,16-19,28H,5-6,9-10,12-15,31H2,1-4H3/t17-,18?/m1/s1. The summed E-state index contributed by atoms with van der Waals surface area (Å²) in [5.41, 5.74) is 6.42. The topological polar surface area (TPSA) is 130 Å². The number of amides is 1. The van der Waals surface area contributed by atoms with E-state index in [2.05, 4.69) is 9.72 Å². The lowest BCUT2D eigenvalue weighted by molar-refractivity contribution is -0.189. The lowest BCUT2D eigenvalue weighted by Gasteiger charge is -2.39. The minimum Gasteiger partial charge on any atom is -0.489 e. The minimum atomic E-state index is -3.00. The van der Waals surface area contributed by atoms with Crippen LogP contribution in [0.5, 0.6) is 11.5 Å². The summed E-state index contributed by atoms with van der Waals surface area (Å²) in [6.45, 7) is 6.09. The molecule has 0 radical (unpaired) electrons. The first-order valence-electron chi connectivity index (χ1n) is 13.8. The minimum absolute atomic E-state index is 0.0399. The van der Waals surface area contributed by atoms with E-state index in [4.69, 9.17) is 24.4 Å². The Balaban J connectivity index is 1.41. The molecule has 2 aliphatic rings. The van der Waals surface area contributed by atoms with Crippen LogP contribution in [0.15, 0.2) is 22.6 Å². The molecule has 41 heavy (non-hydrogen) atoms. The molecule has 1 aliphatic heterocycles. The SMILES string of the molecule is CC(OCN1CCN(C(=O)c2nc(-c3ccc(OC(F)F)c(OCC4CC4)c3)oc2CN)C[C@H]1C)OC(=O)C(C)C. The normalized spacial score (nSPS) is 18.6. The number of hydrogen-bond acceptors (Lipinski definition) is 10. The van der Waals surface area contributed by atoms with Gasteiger partial charge in [0.05, 0.1) is 19.1 Å². The Kier molecular flexibility index (Phi) is 10.2. The second-order valence-corrected chi connectivity index (χ2v) is 10.7. The second-order valence-electron chi connectivity index (χ2n) is 10.7. The highest BCUT2D eigenvalue weighted by Crippen LogP contribution is 2.37. The zero-order valence-electron chi connectivity index (χ0n) is 23.8. The number of nitrogens with two attached hydrogens (primary N) is 1. The summed E-state index contributed by atoms with van der Waals surface area (Å²) in [5, 5.41) is 0. The fourth-order valence-corrected chi connectivity index (χ4v) is 4.28. The predicted octanol–water partition coefficient (Wildman–Crippen LogP) is 3.86. The molecule has 2 atom stereocenters. The predicted molar refractivity (Wildman–Crippen MR) is 143 cm³/mol. The number of halogens is 2. The number of benzene rings is 1. The number of rotatable bonds is 13. The Morgan fingerprint density at radius 2 is 1.93 bits per heavy atom. The van der Waals surface area contributed by atoms with Crippen LogP contribution in [-0.2, 0) is 20.8 Å². The van der Waals surface area contributed by atoms with E-state index in [1.54, 1.807) is 25.7 Å². The van der Waals surface area contributed by atoms with E-state index in [0.29, 0.717) is 37.7 Å². The first-order valence-corrected chi connectivity index (χ1v) is 13.8. The molecule has 226 valence electrons. The van der Waals surface area contributed by atoms with Crippen molar-refractivity contribution in [3.8, 4) is 23.0 Å². The average molecular weight is 581 g/mol. The van der Waals surface area contributed by atoms with Gasteiger partial charge in [0.15, 0.2) is 23.0 Å². The third kappa shape index (κ3) is 8.14. The number of nitrogens with zero attached hydrogens (tertiary/aromatic N) is 3. The molecule has 13 heteroatoms. The zero-order valence-corrected chi connectivity index (χ0v) is 23.8. The first kappa shape index (κ1) is 30.7. The molecule has 2 heterocycles. The van der Waals surface area contributed by atoms with Crippen molar-refractivity contribution in [1.82, 2.24) is 14.8 Å². The fraction of sp³-hybridized carbons (Fsp3) is 0.607. The monoisotopic (exact) mass is 580 g/mol. The van der Waals surface area contributed by atoms with Crippen molar-refractivity contribution in [3.05, 3.63) is 29.7 Å². The van der Waals surface area contributed by atoms with Crippen molar-refractivity contribution in [3.63, 3.8) is 0 Å². The van der Waals surface area contributed by atoms with E-state index in [1.807, 2.05) is 11.8 Å². The summed E-state index contributed by atoms with van der Waals surface area (Å²) < 4.78 is 53.0. The third-order valence-corrected chi connectivity index (χ3v) is 6.94. The van der Waals surface area contributed by atoms with Gasteiger partial charge in [-0.05, 0) is 50.8 Å². The number of hydrogen-bond donors (Lipinski definition) is 1. The quantitative estimate of drug-likeness (QED) is 0.275. The lowest BCUT2D eigenvalue weighted by Crippen LogP contribution is -2.54. The van der Waals surface area contributed by atoms with E-state index in [-0.39, 0.29) is 66.0 Å². The summed E-state index contributed by atoms with van der Waals surface area (Å²) >= 11 is 0. The van der Waals surface area contributed by atoms with Crippen LogP contribution in [-0.4, -0.2) is 78.6 Å². The van der Waals surface area contributed by atoms with Crippen molar-refractivity contribution < 1.29 is 41.7 Å². The molecule has 1 saturated heterocycles. The summed E-state index contributed by atoms with van der Waals surface area (Å²) in [5.74, 6) is -0.0980. The van der Waals surface area contributed by atoms with Gasteiger partial charge in [-0.2, -0.15) is 8.78 Å². The van der Waals surface area contributed by atoms with Gasteiger partial charge in [-0.3, -0.25) is 14.5 Å². The van der Waals surface area contributed by atoms with Gasteiger partial charge >= 0.3 is 12.6 Å². The van der Waals surface area contributed by atoms with Crippen molar-refractivity contribution in [1.29, 1.82) is 0 Å². The molecule has 1 aromatic heterocycles. The van der Waals surface area contributed by atoms with Crippen LogP contribution < -0.4 is 15.2 Å². The highest BCUT2D eigenvalue weighted by Gasteiger charge is 2.32. The summed E-state index contributed by atoms with van der Waals surface area (Å²) in [7, 11) is 0. The smallest absolute Gasteiger partial charge is 0.387 e. The maximum atomic E-state index is 13.5. The summed E-state index contributed by atoms with van der Waals surface area (Å²) in [6, 6.07) is 4.36. The summed E-state index contributed by atoms with van der Waals surface area (Å²) in [6.07, 6.45) is 1.37. The second kappa shape index (κ2) is 13.6. The molecule has 2 N–H and O–H groups in total. The van der Waals surface area contributed by atoms with E-state index in [0.717, 1.165) is 12.8 Å². The molecule has 11 nitrogen and oxygen atoms in total. The van der Waals surface area contributed by atoms with Crippen LogP contribution in [0.2, 0.25) is 0 Å². The van der Waals surface area contributed by atoms with Crippen LogP contribution in [0.25, 0.3) is 11.5 Å². The Morgan fingerprint density at radius 3 is 2.56 bits per heavy atom. The number of aromatic nitrogens is 1. The number of oxazole rings is 1. The lowest BCUT2D eigenvalue weighted by atomic mass is 10.2. The fourth-order valence-electron chi connectivity index (χ4n) is 4.28. The number of carbonyl (C=O) groups is 2. The summed E-state index contributed by atoms with van der Waals surface area (Å²) in [4.78, 5) is 33.4. The van der Waals surface area contributed by atoms with E-state index in [1.165, 1.54) is 18.2 Å². The number of alkyl halides is 2. The average Bonchev–Trinajstić information content (AvgIpc) is 3.66. The zero-order chi connectivity index (χ0) is 29.7. The van der Waals surface area contributed by atoms with Gasteiger partial charge in [0, 0.05) is 31.2 Å². The maximum Gasteiger partial charge on any atom is 0.387 e. The van der Waals surface area contributed by atoms with Gasteiger partial charge in [0.1, 0.15) is 6.73 Å². The molecule has 0 bridgehead atoms. The van der Waals surface area contributed by atoms with Gasteiger partial charge in [-0.15, -0.1) is 0 Å². The van der Waals surface area contributed by atoms with Crippen molar-refractivity contribution >= 4 is 11.9 Å². The van der Waals surface area contributed by atoms with Gasteiger partial charge in [0.25, 0.3) is 5.91 Å². The van der Waals surface area contributed by atoms with Crippen LogP contribution >= 0.6 is 0 Å². The maximum absolute atomic E-state index is 13.5. The molecule has 1 saturated carbocycles. The van der Waals surface area contributed by atoms with Crippen molar-refractivity contribution in [2.75, 3.05) is 33.0 Å². The molecule has 2 fully saturated rings. The van der Waals surface area contributed by atoms with Crippen LogP contribution in [0.4, 0.5) is 8.78 Å². The molecule has 2 aromatic rings. The van der Waals surface area contributed by atoms with Gasteiger partial charge in [-0.1, -0.05) is 13.8 Å². The van der Waals surface area contributed by atoms with Crippen LogP contribution in [0.3, 0.4) is 0 Å². The van der Waals surface area contributed by atoms with Gasteiger partial charge in [-0.25, -0.2) is 4.98 Å². The van der Waals surface area contributed by atoms with Crippen LogP contribution in [0.1, 0.15) is 56.8 Å². The first-order chi connectivity index (χ1) is 19.5. The van der Waals surface area contributed by atoms with E-state index < -0.39 is 12.9 Å².